The zero-order chi connectivity index (χ0) is 20.9. The van der Waals surface area contributed by atoms with Crippen LogP contribution in [0.1, 0.15) is 10.4 Å². The molecule has 0 saturated heterocycles. The number of hydrogen-bond acceptors (Lipinski definition) is 6. The van der Waals surface area contributed by atoms with E-state index in [0.29, 0.717) is 33.3 Å². The van der Waals surface area contributed by atoms with Crippen LogP contribution in [-0.2, 0) is 9.84 Å². The highest BCUT2D eigenvalue weighted by molar-refractivity contribution is 7.90. The molecular weight excluding hydrogens is 392 g/mol. The summed E-state index contributed by atoms with van der Waals surface area (Å²) in [6.07, 6.45) is 1.00. The lowest BCUT2D eigenvalue weighted by Crippen LogP contribution is -2.16. The summed E-state index contributed by atoms with van der Waals surface area (Å²) in [5.41, 5.74) is 7.95. The number of carboxylic acids is 1. The van der Waals surface area contributed by atoms with E-state index in [4.69, 9.17) is 15.6 Å². The molecule has 2 aromatic carbocycles. The Morgan fingerprint density at radius 2 is 1.79 bits per heavy atom. The van der Waals surface area contributed by atoms with E-state index >= 15 is 0 Å². The van der Waals surface area contributed by atoms with E-state index in [1.807, 2.05) is 0 Å². The zero-order valence-corrected chi connectivity index (χ0v) is 16.1. The van der Waals surface area contributed by atoms with Crippen LogP contribution in [0.25, 0.3) is 33.4 Å². The number of aromatic carboxylic acids is 1. The van der Waals surface area contributed by atoms with Crippen molar-refractivity contribution in [1.82, 2.24) is 0 Å². The van der Waals surface area contributed by atoms with E-state index in [2.05, 4.69) is 0 Å². The molecule has 0 bridgehead atoms. The topological polar surface area (TPSA) is 134 Å². The van der Waals surface area contributed by atoms with Crippen molar-refractivity contribution in [1.29, 1.82) is 5.41 Å². The van der Waals surface area contributed by atoms with E-state index in [0.717, 1.165) is 6.26 Å². The fourth-order valence-electron chi connectivity index (χ4n) is 3.49. The maximum atomic E-state index is 12.4. The van der Waals surface area contributed by atoms with Crippen molar-refractivity contribution in [3.8, 4) is 22.5 Å². The van der Waals surface area contributed by atoms with Crippen molar-refractivity contribution in [2.75, 3.05) is 12.0 Å². The van der Waals surface area contributed by atoms with Crippen LogP contribution < -0.4 is 11.1 Å². The minimum atomic E-state index is -3.79. The molecule has 0 amide bonds. The Bertz CT molecular complexity index is 1440. The van der Waals surface area contributed by atoms with Gasteiger partial charge in [0.25, 0.3) is 0 Å². The molecule has 0 saturated carbocycles. The van der Waals surface area contributed by atoms with Crippen LogP contribution >= 0.6 is 0 Å². The molecule has 0 aromatic heterocycles. The molecule has 0 radical (unpaired) electrons. The van der Waals surface area contributed by atoms with Crippen molar-refractivity contribution in [3.05, 3.63) is 65.5 Å². The zero-order valence-electron chi connectivity index (χ0n) is 15.3. The Labute approximate surface area is 165 Å². The van der Waals surface area contributed by atoms with E-state index in [9.17, 15) is 18.3 Å². The molecule has 2 aliphatic rings. The van der Waals surface area contributed by atoms with E-state index in [1.54, 1.807) is 42.5 Å². The lowest BCUT2D eigenvalue weighted by atomic mass is 9.90. The molecule has 0 atom stereocenters. The first kappa shape index (κ1) is 18.7. The second kappa shape index (κ2) is 6.46. The van der Waals surface area contributed by atoms with Crippen molar-refractivity contribution < 1.29 is 22.7 Å². The van der Waals surface area contributed by atoms with E-state index in [1.165, 1.54) is 12.1 Å². The average molecular weight is 408 g/mol. The second-order valence-electron chi connectivity index (χ2n) is 6.67. The van der Waals surface area contributed by atoms with Gasteiger partial charge in [-0.05, 0) is 35.9 Å². The van der Waals surface area contributed by atoms with Gasteiger partial charge in [-0.2, -0.15) is 0 Å². The lowest BCUT2D eigenvalue weighted by molar-refractivity contribution is 0.0697. The minimum Gasteiger partial charge on any atom is -0.478 e. The molecule has 0 fully saturated rings. The number of nitrogen functional groups attached to an aromatic ring is 1. The predicted molar refractivity (Wildman–Crippen MR) is 109 cm³/mol. The Balaban J connectivity index is 2.29. The van der Waals surface area contributed by atoms with Gasteiger partial charge >= 0.3 is 5.97 Å². The van der Waals surface area contributed by atoms with Crippen molar-refractivity contribution in [2.45, 2.75) is 4.90 Å². The fraction of sp³-hybridized carbons (Fsp3) is 0.0476. The molecule has 146 valence electrons. The number of hydrogen-bond donors (Lipinski definition) is 3. The summed E-state index contributed by atoms with van der Waals surface area (Å²) in [6.45, 7) is 0. The molecule has 2 aromatic rings. The molecule has 7 nitrogen and oxygen atoms in total. The third-order valence-corrected chi connectivity index (χ3v) is 5.81. The number of rotatable bonds is 3. The van der Waals surface area contributed by atoms with Crippen LogP contribution in [0.3, 0.4) is 0 Å². The number of nitrogens with two attached hydrogens (primary N) is 1. The molecule has 4 rings (SSSR count). The van der Waals surface area contributed by atoms with Gasteiger partial charge < -0.3 is 15.3 Å². The number of anilines is 1. The first-order chi connectivity index (χ1) is 13.7. The Morgan fingerprint density at radius 3 is 2.48 bits per heavy atom. The number of nitrogens with one attached hydrogen (secondary N) is 1. The summed E-state index contributed by atoms with van der Waals surface area (Å²) >= 11 is 0. The molecule has 1 aliphatic heterocycles. The highest BCUT2D eigenvalue weighted by Gasteiger charge is 2.27. The van der Waals surface area contributed by atoms with Gasteiger partial charge in [-0.25, -0.2) is 13.2 Å². The lowest BCUT2D eigenvalue weighted by Gasteiger charge is -2.18. The summed E-state index contributed by atoms with van der Waals surface area (Å²) < 4.78 is 30.7. The largest absolute Gasteiger partial charge is 0.478 e. The van der Waals surface area contributed by atoms with Crippen molar-refractivity contribution in [2.24, 2.45) is 0 Å². The van der Waals surface area contributed by atoms with Gasteiger partial charge in [0.05, 0.1) is 10.9 Å². The Kier molecular flexibility index (Phi) is 4.16. The highest BCUT2D eigenvalue weighted by atomic mass is 32.2. The van der Waals surface area contributed by atoms with Gasteiger partial charge in [-0.3, -0.25) is 5.41 Å². The molecule has 8 heteroatoms. The standard InChI is InChI=1S/C21H16N2O5S/c1-29(26,27)20-16(23)9-8-15-18(12-4-2-3-5-13(12)21(24)25)14-7-6-11(22)10-17(14)28-19(15)20/h2-10,23H,22H2,1H3,(H,24,25). The predicted octanol–water partition coefficient (Wildman–Crippen LogP) is 3.37. The molecule has 4 N–H and O–H groups in total. The minimum absolute atomic E-state index is 0.00621. The first-order valence-electron chi connectivity index (χ1n) is 8.55. The van der Waals surface area contributed by atoms with Crippen LogP contribution in [0.5, 0.6) is 0 Å². The number of benzene rings is 3. The monoisotopic (exact) mass is 408 g/mol. The molecular formula is C21H16N2O5S. The highest BCUT2D eigenvalue weighted by Crippen LogP contribution is 2.43. The summed E-state index contributed by atoms with van der Waals surface area (Å²) in [5, 5.41) is 18.1. The number of carbonyl (C=O) groups is 1. The number of carboxylic acid groups (broad SMARTS) is 1. The van der Waals surface area contributed by atoms with Crippen molar-refractivity contribution >= 4 is 32.5 Å². The molecule has 0 spiro atoms. The van der Waals surface area contributed by atoms with Crippen LogP contribution in [0.15, 0.2) is 63.9 Å². The third-order valence-electron chi connectivity index (χ3n) is 4.67. The van der Waals surface area contributed by atoms with Gasteiger partial charge in [0, 0.05) is 34.5 Å². The van der Waals surface area contributed by atoms with Crippen LogP contribution in [0, 0.1) is 5.41 Å². The average Bonchev–Trinajstić information content (AvgIpc) is 2.64. The van der Waals surface area contributed by atoms with E-state index < -0.39 is 15.8 Å². The summed E-state index contributed by atoms with van der Waals surface area (Å²) in [6, 6.07) is 14.3. The summed E-state index contributed by atoms with van der Waals surface area (Å²) in [4.78, 5) is 11.6. The van der Waals surface area contributed by atoms with Gasteiger partial charge in [-0.15, -0.1) is 0 Å². The SMILES string of the molecule is CS(=O)(=O)c1c2oc3cc(N)ccc3c(-c3ccccc3C(=O)O)c-2ccc1=N. The molecule has 29 heavy (non-hydrogen) atoms. The fourth-order valence-corrected chi connectivity index (χ4v) is 4.45. The molecule has 1 heterocycles. The normalized spacial score (nSPS) is 11.8. The molecule has 1 aliphatic carbocycles. The maximum Gasteiger partial charge on any atom is 0.336 e. The summed E-state index contributed by atoms with van der Waals surface area (Å²) in [5.74, 6) is -1.12. The number of fused-ring (bicyclic) bond motifs is 2. The van der Waals surface area contributed by atoms with Gasteiger partial charge in [-0.1, -0.05) is 18.2 Å². The Morgan fingerprint density at radius 1 is 1.07 bits per heavy atom. The van der Waals surface area contributed by atoms with Crippen LogP contribution in [0.2, 0.25) is 0 Å². The van der Waals surface area contributed by atoms with Gasteiger partial charge in [0.15, 0.2) is 15.6 Å². The number of sulfone groups is 1. The third kappa shape index (κ3) is 3.03. The second-order valence-corrected chi connectivity index (χ2v) is 8.63. The Hall–Kier alpha value is -3.65. The van der Waals surface area contributed by atoms with Crippen molar-refractivity contribution in [3.63, 3.8) is 0 Å². The maximum absolute atomic E-state index is 12.4. The van der Waals surface area contributed by atoms with Gasteiger partial charge in [0.2, 0.25) is 0 Å². The van der Waals surface area contributed by atoms with Crippen LogP contribution in [0.4, 0.5) is 5.69 Å². The van der Waals surface area contributed by atoms with E-state index in [-0.39, 0.29) is 21.6 Å². The molecule has 0 unspecified atom stereocenters. The first-order valence-corrected chi connectivity index (χ1v) is 10.4. The quantitative estimate of drug-likeness (QED) is 0.351. The van der Waals surface area contributed by atoms with Crippen LogP contribution in [-0.4, -0.2) is 25.7 Å². The summed E-state index contributed by atoms with van der Waals surface area (Å²) in [7, 11) is -3.79. The van der Waals surface area contributed by atoms with Gasteiger partial charge in [0.1, 0.15) is 10.5 Å². The smallest absolute Gasteiger partial charge is 0.336 e.